The van der Waals surface area contributed by atoms with Gasteiger partial charge < -0.3 is 15.4 Å². The molecule has 2 aliphatic rings. The van der Waals surface area contributed by atoms with E-state index in [0.29, 0.717) is 29.4 Å². The van der Waals surface area contributed by atoms with Gasteiger partial charge in [0.2, 0.25) is 0 Å². The van der Waals surface area contributed by atoms with Gasteiger partial charge in [-0.1, -0.05) is 11.6 Å². The van der Waals surface area contributed by atoms with Crippen molar-refractivity contribution in [1.82, 2.24) is 25.3 Å². The van der Waals surface area contributed by atoms with Crippen LogP contribution in [0.3, 0.4) is 0 Å². The topological polar surface area (TPSA) is 118 Å². The van der Waals surface area contributed by atoms with Crippen molar-refractivity contribution in [3.63, 3.8) is 0 Å². The zero-order chi connectivity index (χ0) is 19.7. The van der Waals surface area contributed by atoms with Crippen molar-refractivity contribution >= 4 is 35.7 Å². The van der Waals surface area contributed by atoms with Crippen molar-refractivity contribution in [3.05, 3.63) is 17.4 Å². The molecule has 0 amide bonds. The van der Waals surface area contributed by atoms with Gasteiger partial charge in [-0.2, -0.15) is 10.2 Å². The second-order valence-electron chi connectivity index (χ2n) is 7.29. The van der Waals surface area contributed by atoms with Gasteiger partial charge in [0.25, 0.3) is 0 Å². The molecule has 28 heavy (non-hydrogen) atoms. The van der Waals surface area contributed by atoms with Gasteiger partial charge in [-0.25, -0.2) is 4.99 Å². The molecule has 1 atom stereocenters. The number of hydrogen-bond donors (Lipinski definition) is 2. The molecule has 1 unspecified atom stereocenters. The quantitative estimate of drug-likeness (QED) is 0.601. The monoisotopic (exact) mass is 402 g/mol. The molecule has 2 fully saturated rings. The number of piperidine rings is 1. The van der Waals surface area contributed by atoms with E-state index in [1.165, 1.54) is 0 Å². The van der Waals surface area contributed by atoms with E-state index < -0.39 is 0 Å². The number of H-pyrrole nitrogens is 1. The second kappa shape index (κ2) is 7.57. The van der Waals surface area contributed by atoms with Gasteiger partial charge in [0.05, 0.1) is 19.4 Å². The van der Waals surface area contributed by atoms with Crippen LogP contribution in [0.25, 0.3) is 11.3 Å². The van der Waals surface area contributed by atoms with Crippen molar-refractivity contribution in [2.24, 2.45) is 21.1 Å². The molecule has 4 rings (SSSR count). The largest absolute Gasteiger partial charge is 0.379 e. The average Bonchev–Trinajstić information content (AvgIpc) is 3.26. The van der Waals surface area contributed by atoms with Crippen LogP contribution in [0.5, 0.6) is 0 Å². The van der Waals surface area contributed by atoms with Gasteiger partial charge in [-0.05, 0) is 32.5 Å². The maximum atomic E-state index is 6.27. The normalized spacial score (nSPS) is 22.0. The van der Waals surface area contributed by atoms with E-state index in [9.17, 15) is 0 Å². The average molecular weight is 403 g/mol. The number of aromatic nitrogens is 4. The molecule has 9 nitrogen and oxygen atoms in total. The minimum Gasteiger partial charge on any atom is -0.379 e. The molecule has 0 saturated carbocycles. The van der Waals surface area contributed by atoms with Gasteiger partial charge in [-0.3, -0.25) is 10.1 Å². The summed E-state index contributed by atoms with van der Waals surface area (Å²) in [5, 5.41) is 15.1. The second-order valence-corrected chi connectivity index (χ2v) is 7.65. The predicted molar refractivity (Wildman–Crippen MR) is 109 cm³/mol. The minimum atomic E-state index is 0.108. The first-order valence-electron chi connectivity index (χ1n) is 9.20. The fourth-order valence-corrected chi connectivity index (χ4v) is 4.13. The van der Waals surface area contributed by atoms with Crippen LogP contribution in [0.4, 0.5) is 11.5 Å². The van der Waals surface area contributed by atoms with E-state index >= 15 is 0 Å². The first-order valence-corrected chi connectivity index (χ1v) is 9.58. The highest BCUT2D eigenvalue weighted by Gasteiger charge is 2.44. The third-order valence-corrected chi connectivity index (χ3v) is 6.05. The number of nitrogens with two attached hydrogens (primary N) is 1. The van der Waals surface area contributed by atoms with Gasteiger partial charge in [0.1, 0.15) is 17.2 Å². The molecule has 4 heterocycles. The van der Waals surface area contributed by atoms with Crippen LogP contribution in [-0.4, -0.2) is 70.2 Å². The zero-order valence-corrected chi connectivity index (χ0v) is 16.5. The number of halogens is 1. The van der Waals surface area contributed by atoms with Crippen LogP contribution in [0.1, 0.15) is 19.8 Å². The molecule has 2 saturated heterocycles. The lowest BCUT2D eigenvalue weighted by Gasteiger charge is -2.41. The van der Waals surface area contributed by atoms with Gasteiger partial charge in [-0.15, -0.1) is 5.10 Å². The lowest BCUT2D eigenvalue weighted by Crippen LogP contribution is -2.50. The van der Waals surface area contributed by atoms with E-state index in [4.69, 9.17) is 27.1 Å². The Kier molecular flexibility index (Phi) is 5.13. The maximum Gasteiger partial charge on any atom is 0.176 e. The third kappa shape index (κ3) is 3.30. The van der Waals surface area contributed by atoms with Gasteiger partial charge in [0.15, 0.2) is 11.0 Å². The molecule has 2 aromatic heterocycles. The van der Waals surface area contributed by atoms with E-state index in [1.54, 1.807) is 12.3 Å². The molecule has 3 N–H and O–H groups in total. The summed E-state index contributed by atoms with van der Waals surface area (Å²) in [7, 11) is 0. The van der Waals surface area contributed by atoms with Crippen LogP contribution < -0.4 is 5.73 Å². The number of ether oxygens (including phenoxy) is 1. The number of aliphatic imine (C=N–C) groups is 2. The van der Waals surface area contributed by atoms with E-state index in [-0.39, 0.29) is 16.6 Å². The van der Waals surface area contributed by atoms with Crippen LogP contribution in [0, 0.1) is 5.41 Å². The Balaban J connectivity index is 1.55. The van der Waals surface area contributed by atoms with Gasteiger partial charge >= 0.3 is 0 Å². The molecule has 2 aliphatic heterocycles. The Labute approximate surface area is 168 Å². The Morgan fingerprint density at radius 1 is 1.46 bits per heavy atom. The summed E-state index contributed by atoms with van der Waals surface area (Å²) < 4.78 is 5.60. The van der Waals surface area contributed by atoms with E-state index in [1.807, 2.05) is 6.92 Å². The van der Waals surface area contributed by atoms with Crippen molar-refractivity contribution < 1.29 is 4.74 Å². The Hall–Kier alpha value is -2.36. The maximum absolute atomic E-state index is 6.27. The number of amidine groups is 1. The van der Waals surface area contributed by atoms with E-state index in [0.717, 1.165) is 38.4 Å². The number of rotatable bonds is 3. The Bertz CT molecular complexity index is 903. The molecule has 10 heteroatoms. The van der Waals surface area contributed by atoms with Crippen molar-refractivity contribution in [1.29, 1.82) is 0 Å². The Morgan fingerprint density at radius 2 is 2.25 bits per heavy atom. The standard InChI is InChI=1S/C18H23ClN8O/c1-11(27-7-4-18(5-8-27)10-28-9-13(18)20)23-17-15(21-2)14(24-26-17)12-3-6-22-25-16(12)19/h3,6,13H,2,4-5,7-10,20H2,1H3,(H,24,26)/b23-11+. The number of aromatic amines is 1. The number of hydrogen-bond acceptors (Lipinski definition) is 7. The highest BCUT2D eigenvalue weighted by Crippen LogP contribution is 2.40. The molecule has 0 aliphatic carbocycles. The summed E-state index contributed by atoms with van der Waals surface area (Å²) in [4.78, 5) is 11.1. The highest BCUT2D eigenvalue weighted by molar-refractivity contribution is 6.32. The molecule has 148 valence electrons. The lowest BCUT2D eigenvalue weighted by atomic mass is 9.75. The number of nitrogens with one attached hydrogen (secondary N) is 1. The van der Waals surface area contributed by atoms with Crippen molar-refractivity contribution in [2.45, 2.75) is 25.8 Å². The van der Waals surface area contributed by atoms with Crippen molar-refractivity contribution in [3.8, 4) is 11.3 Å². The number of likely N-dealkylation sites (tertiary alicyclic amines) is 1. The number of nitrogens with zero attached hydrogens (tertiary/aromatic N) is 6. The van der Waals surface area contributed by atoms with Crippen LogP contribution in [0.15, 0.2) is 22.2 Å². The minimum absolute atomic E-state index is 0.108. The molecule has 1 spiro atoms. The predicted octanol–water partition coefficient (Wildman–Crippen LogP) is 2.34. The summed E-state index contributed by atoms with van der Waals surface area (Å²) in [6.45, 7) is 8.84. The fraction of sp³-hybridized carbons (Fsp3) is 0.500. The molecule has 2 aromatic rings. The summed E-state index contributed by atoms with van der Waals surface area (Å²) in [6, 6.07) is 1.86. The molecule has 0 aromatic carbocycles. The highest BCUT2D eigenvalue weighted by atomic mass is 35.5. The molecular weight excluding hydrogens is 380 g/mol. The zero-order valence-electron chi connectivity index (χ0n) is 15.7. The van der Waals surface area contributed by atoms with Crippen LogP contribution >= 0.6 is 11.6 Å². The van der Waals surface area contributed by atoms with Crippen LogP contribution in [-0.2, 0) is 4.74 Å². The summed E-state index contributed by atoms with van der Waals surface area (Å²) in [5.74, 6) is 1.43. The molecule has 0 bridgehead atoms. The van der Waals surface area contributed by atoms with E-state index in [2.05, 4.69) is 37.0 Å². The Morgan fingerprint density at radius 3 is 2.89 bits per heavy atom. The SMILES string of the molecule is C=Nc1c(-c2ccnnc2Cl)n[nH]c1/N=C(\C)N1CCC2(CC1)COCC2N. The van der Waals surface area contributed by atoms with Crippen LogP contribution in [0.2, 0.25) is 5.15 Å². The summed E-state index contributed by atoms with van der Waals surface area (Å²) in [5.41, 5.74) is 8.09. The van der Waals surface area contributed by atoms with Gasteiger partial charge in [0, 0.05) is 30.1 Å². The first-order chi connectivity index (χ1) is 13.5. The molecular formula is C18H23ClN8O. The smallest absolute Gasteiger partial charge is 0.176 e. The third-order valence-electron chi connectivity index (χ3n) is 5.78. The lowest BCUT2D eigenvalue weighted by molar-refractivity contribution is 0.101. The first kappa shape index (κ1) is 19.0. The molecule has 0 radical (unpaired) electrons. The fourth-order valence-electron chi connectivity index (χ4n) is 3.93. The summed E-state index contributed by atoms with van der Waals surface area (Å²) >= 11 is 6.14. The summed E-state index contributed by atoms with van der Waals surface area (Å²) in [6.07, 6.45) is 3.55. The van der Waals surface area contributed by atoms with Crippen molar-refractivity contribution in [2.75, 3.05) is 26.3 Å².